The van der Waals surface area contributed by atoms with Gasteiger partial charge in [0.1, 0.15) is 12.5 Å². The number of aromatic amines is 1. The zero-order valence-electron chi connectivity index (χ0n) is 22.3. The maximum Gasteiger partial charge on any atom is 0.204 e. The van der Waals surface area contributed by atoms with Crippen LogP contribution in [-0.4, -0.2) is 68.2 Å². The second-order valence-corrected chi connectivity index (χ2v) is 14.7. The van der Waals surface area contributed by atoms with Crippen LogP contribution in [0, 0.1) is 40.9 Å². The summed E-state index contributed by atoms with van der Waals surface area (Å²) in [5.74, 6) is 1.29. The van der Waals surface area contributed by atoms with Crippen LogP contribution in [-0.2, 0) is 10.2 Å². The number of aliphatic hydroxyl groups is 2. The van der Waals surface area contributed by atoms with Gasteiger partial charge in [0.25, 0.3) is 0 Å². The van der Waals surface area contributed by atoms with Crippen LogP contribution in [0.4, 0.5) is 0 Å². The molecule has 202 valence electrons. The van der Waals surface area contributed by atoms with Crippen molar-refractivity contribution in [1.82, 2.24) is 20.1 Å². The van der Waals surface area contributed by atoms with E-state index in [1.807, 2.05) is 18.5 Å². The number of likely N-dealkylation sites (tertiary alicyclic amines) is 2. The highest BCUT2D eigenvalue weighted by molar-refractivity contribution is 6.07. The number of aliphatic hydroxyl groups excluding tert-OH is 2. The van der Waals surface area contributed by atoms with Crippen LogP contribution in [0.1, 0.15) is 60.6 Å². The Kier molecular flexibility index (Phi) is 3.42. The fraction of sp³-hybridized carbons (Fsp3) is 0.613. The molecule has 8 heteroatoms. The Bertz CT molecular complexity index is 1530. The number of piperidine rings is 2. The molecule has 8 unspecified atom stereocenters. The van der Waals surface area contributed by atoms with Crippen LogP contribution >= 0.6 is 0 Å². The summed E-state index contributed by atoms with van der Waals surface area (Å²) in [5, 5.41) is 26.8. The molecule has 8 atom stereocenters. The van der Waals surface area contributed by atoms with Gasteiger partial charge in [0.15, 0.2) is 5.78 Å². The van der Waals surface area contributed by atoms with Crippen molar-refractivity contribution in [2.45, 2.75) is 69.9 Å². The molecule has 1 aromatic rings. The first-order chi connectivity index (χ1) is 18.7. The van der Waals surface area contributed by atoms with E-state index in [1.54, 1.807) is 6.08 Å². The Hall–Kier alpha value is -2.84. The molecule has 1 aromatic heterocycles. The number of ketones is 2. The number of fused-ring (bicyclic) bond motifs is 2. The molecule has 2 bridgehead atoms. The Labute approximate surface area is 226 Å². The number of carbonyl (C=O) groups is 2. The molecule has 5 saturated carbocycles. The molecular formula is C31H34N4O4. The van der Waals surface area contributed by atoms with Gasteiger partial charge in [-0.3, -0.25) is 9.59 Å². The molecule has 4 heterocycles. The van der Waals surface area contributed by atoms with E-state index in [4.69, 9.17) is 0 Å². The summed E-state index contributed by atoms with van der Waals surface area (Å²) in [6, 6.07) is -0.147. The predicted molar refractivity (Wildman–Crippen MR) is 140 cm³/mol. The standard InChI is InChI=1S/C31H34N4O4/c1-14-7-32-24-18(36)3-20-30(22(14)24)5-16(30)9-34(20)26(38)28-11-29(12-28,13-28)27(39)35-10-17-6-31(17)21(35)4-19(37)25-23(31)15(2)8-33-25/h3-4,7-8,16-17,22,24,26-27,32-33,38-39H,5-6,9-13H2,1-2H3. The van der Waals surface area contributed by atoms with Crippen molar-refractivity contribution in [2.24, 2.45) is 34.0 Å². The number of carbonyl (C=O) groups excluding carboxylic acids is 2. The largest absolute Gasteiger partial charge is 0.380 e. The molecule has 0 amide bonds. The van der Waals surface area contributed by atoms with E-state index in [0.29, 0.717) is 11.8 Å². The van der Waals surface area contributed by atoms with E-state index >= 15 is 0 Å². The molecule has 2 saturated heterocycles. The van der Waals surface area contributed by atoms with Gasteiger partial charge in [0.05, 0.1) is 11.7 Å². The average Bonchev–Trinajstić information content (AvgIpc) is 3.45. The van der Waals surface area contributed by atoms with Gasteiger partial charge in [-0.1, -0.05) is 5.57 Å². The fourth-order valence-corrected chi connectivity index (χ4v) is 11.3. The second kappa shape index (κ2) is 6.08. The van der Waals surface area contributed by atoms with Gasteiger partial charge in [-0.25, -0.2) is 0 Å². The number of aromatic nitrogens is 1. The smallest absolute Gasteiger partial charge is 0.204 e. The first-order valence-electron chi connectivity index (χ1n) is 14.7. The number of aryl methyl sites for hydroxylation is 1. The van der Waals surface area contributed by atoms with Gasteiger partial charge < -0.3 is 30.3 Å². The first kappa shape index (κ1) is 21.9. The van der Waals surface area contributed by atoms with Crippen LogP contribution in [0.3, 0.4) is 0 Å². The maximum atomic E-state index is 13.0. The number of nitrogens with one attached hydrogen (secondary N) is 2. The van der Waals surface area contributed by atoms with E-state index in [-0.39, 0.29) is 45.2 Å². The number of hydrogen-bond acceptors (Lipinski definition) is 7. The summed E-state index contributed by atoms with van der Waals surface area (Å²) in [6.07, 6.45) is 10.8. The van der Waals surface area contributed by atoms with Crippen molar-refractivity contribution in [3.63, 3.8) is 0 Å². The highest BCUT2D eigenvalue weighted by Crippen LogP contribution is 2.80. The summed E-state index contributed by atoms with van der Waals surface area (Å²) < 4.78 is 0. The minimum Gasteiger partial charge on any atom is -0.380 e. The summed E-state index contributed by atoms with van der Waals surface area (Å²) in [7, 11) is 0. The zero-order valence-corrected chi connectivity index (χ0v) is 22.3. The Balaban J connectivity index is 0.903. The van der Waals surface area contributed by atoms with Crippen molar-refractivity contribution in [3.05, 3.63) is 58.3 Å². The molecule has 10 aliphatic rings. The van der Waals surface area contributed by atoms with E-state index in [9.17, 15) is 19.8 Å². The average molecular weight is 527 g/mol. The molecule has 0 radical (unpaired) electrons. The SMILES string of the molecule is CC1=CNC2C(=O)C=C3N(C(O)C45CC(C(O)N6CC7CC78C6=CC(=O)c6[nH]cc(C)c68)(C4)C5)CC4CC34C12. The van der Waals surface area contributed by atoms with Gasteiger partial charge in [0, 0.05) is 70.4 Å². The van der Waals surface area contributed by atoms with E-state index in [2.05, 4.69) is 33.9 Å². The van der Waals surface area contributed by atoms with Crippen molar-refractivity contribution in [3.8, 4) is 0 Å². The number of allylic oxidation sites excluding steroid dienone is 3. The van der Waals surface area contributed by atoms with Crippen molar-refractivity contribution >= 4 is 11.6 Å². The lowest BCUT2D eigenvalue weighted by atomic mass is 9.33. The molecule has 7 fully saturated rings. The molecule has 3 aliphatic heterocycles. The van der Waals surface area contributed by atoms with Gasteiger partial charge >= 0.3 is 0 Å². The highest BCUT2D eigenvalue weighted by Gasteiger charge is 2.79. The van der Waals surface area contributed by atoms with Crippen LogP contribution in [0.15, 0.2) is 41.5 Å². The molecule has 4 N–H and O–H groups in total. The second-order valence-electron chi connectivity index (χ2n) is 14.7. The van der Waals surface area contributed by atoms with Gasteiger partial charge in [-0.15, -0.1) is 0 Å². The molecule has 7 aliphatic carbocycles. The third-order valence-corrected chi connectivity index (χ3v) is 12.9. The minimum absolute atomic E-state index is 0.00444. The molecule has 0 aromatic carbocycles. The van der Waals surface area contributed by atoms with E-state index < -0.39 is 12.5 Å². The first-order valence-corrected chi connectivity index (χ1v) is 14.7. The summed E-state index contributed by atoms with van der Waals surface area (Å²) in [6.45, 7) is 5.81. The quantitative estimate of drug-likeness (QED) is 0.476. The number of hydrogen-bond donors (Lipinski definition) is 4. The Morgan fingerprint density at radius 3 is 2.38 bits per heavy atom. The number of rotatable bonds is 4. The zero-order chi connectivity index (χ0) is 26.4. The van der Waals surface area contributed by atoms with Crippen LogP contribution < -0.4 is 5.32 Å². The van der Waals surface area contributed by atoms with Gasteiger partial charge in [-0.2, -0.15) is 0 Å². The normalized spacial score (nSPS) is 48.2. The third-order valence-electron chi connectivity index (χ3n) is 12.9. The molecule has 39 heavy (non-hydrogen) atoms. The van der Waals surface area contributed by atoms with Gasteiger partial charge in [-0.05, 0) is 75.1 Å². The summed E-state index contributed by atoms with van der Waals surface area (Å²) >= 11 is 0. The van der Waals surface area contributed by atoms with Crippen molar-refractivity contribution in [1.29, 1.82) is 0 Å². The third kappa shape index (κ3) is 2.12. The van der Waals surface area contributed by atoms with Crippen molar-refractivity contribution < 1.29 is 19.8 Å². The number of H-pyrrole nitrogens is 1. The summed E-state index contributed by atoms with van der Waals surface area (Å²) in [4.78, 5) is 33.5. The lowest BCUT2D eigenvalue weighted by Crippen LogP contribution is -2.75. The Morgan fingerprint density at radius 2 is 1.64 bits per heavy atom. The van der Waals surface area contributed by atoms with E-state index in [1.165, 1.54) is 5.57 Å². The molecule has 2 spiro atoms. The van der Waals surface area contributed by atoms with Gasteiger partial charge in [0.2, 0.25) is 5.78 Å². The van der Waals surface area contributed by atoms with Crippen LogP contribution in [0.25, 0.3) is 0 Å². The lowest BCUT2D eigenvalue weighted by molar-refractivity contribution is -0.331. The monoisotopic (exact) mass is 526 g/mol. The minimum atomic E-state index is -0.636. The van der Waals surface area contributed by atoms with Crippen molar-refractivity contribution in [2.75, 3.05) is 13.1 Å². The molecular weight excluding hydrogens is 492 g/mol. The van der Waals surface area contributed by atoms with Crippen LogP contribution in [0.2, 0.25) is 0 Å². The van der Waals surface area contributed by atoms with E-state index in [0.717, 1.165) is 73.4 Å². The predicted octanol–water partition coefficient (Wildman–Crippen LogP) is 2.06. The van der Waals surface area contributed by atoms with Crippen LogP contribution in [0.5, 0.6) is 0 Å². The molecule has 11 rings (SSSR count). The summed E-state index contributed by atoms with van der Waals surface area (Å²) in [5.41, 5.74) is 5.78. The highest BCUT2D eigenvalue weighted by atomic mass is 16.3. The Morgan fingerprint density at radius 1 is 0.949 bits per heavy atom. The lowest BCUT2D eigenvalue weighted by Gasteiger charge is -2.75. The number of nitrogens with zero attached hydrogens (tertiary/aromatic N) is 2. The maximum absolute atomic E-state index is 13.0. The topological polar surface area (TPSA) is 109 Å². The fourth-order valence-electron chi connectivity index (χ4n) is 11.3. The molecule has 8 nitrogen and oxygen atoms in total.